The number of carboxylic acids is 1. The van der Waals surface area contributed by atoms with Crippen LogP contribution in [0.4, 0.5) is 0 Å². The third-order valence-corrected chi connectivity index (χ3v) is 8.33. The molecule has 3 aromatic carbocycles. The second kappa shape index (κ2) is 12.4. The number of aryl methyl sites for hydroxylation is 2. The zero-order chi connectivity index (χ0) is 28.1. The van der Waals surface area contributed by atoms with Crippen molar-refractivity contribution in [3.05, 3.63) is 94.8 Å². The molecule has 0 saturated carbocycles. The van der Waals surface area contributed by atoms with Crippen LogP contribution in [-0.4, -0.2) is 32.3 Å². The number of aromatic nitrogens is 3. The molecule has 2 aromatic heterocycles. The summed E-state index contributed by atoms with van der Waals surface area (Å²) in [7, 11) is 0. The van der Waals surface area contributed by atoms with Gasteiger partial charge in [0.15, 0.2) is 6.10 Å². The average Bonchev–Trinajstić information content (AvgIpc) is 3.59. The molecule has 0 fully saturated rings. The molecule has 5 rings (SSSR count). The highest BCUT2D eigenvalue weighted by Gasteiger charge is 2.16. The summed E-state index contributed by atoms with van der Waals surface area (Å²) in [6, 6.07) is 23.5. The van der Waals surface area contributed by atoms with Crippen molar-refractivity contribution in [3.63, 3.8) is 0 Å². The molecule has 1 unspecified atom stereocenters. The lowest BCUT2D eigenvalue weighted by atomic mass is 10.2. The number of hydrogen-bond acceptors (Lipinski definition) is 9. The van der Waals surface area contributed by atoms with E-state index in [-0.39, 0.29) is 0 Å². The Morgan fingerprint density at radius 1 is 1.02 bits per heavy atom. The van der Waals surface area contributed by atoms with Gasteiger partial charge in [0.2, 0.25) is 11.7 Å². The van der Waals surface area contributed by atoms with E-state index in [0.717, 1.165) is 42.9 Å². The predicted octanol–water partition coefficient (Wildman–Crippen LogP) is 7.20. The van der Waals surface area contributed by atoms with Gasteiger partial charge in [-0.2, -0.15) is 4.98 Å². The van der Waals surface area contributed by atoms with Crippen LogP contribution in [0.15, 0.2) is 82.2 Å². The first-order valence-corrected chi connectivity index (χ1v) is 14.4. The molecule has 5 aromatic rings. The van der Waals surface area contributed by atoms with Gasteiger partial charge in [-0.15, -0.1) is 23.1 Å². The molecule has 0 aliphatic rings. The molecule has 0 aliphatic carbocycles. The SMILES string of the molecule is Cc1nc(-c2ccc(OCc3nc(-c4ccccc4)sc3CSc3ccc(OC(C)C(=O)O)c(C)c3)cc2)no1. The van der Waals surface area contributed by atoms with Crippen LogP contribution in [0.25, 0.3) is 22.0 Å². The summed E-state index contributed by atoms with van der Waals surface area (Å²) in [6.07, 6.45) is -0.909. The molecule has 0 amide bonds. The largest absolute Gasteiger partial charge is 0.487 e. The molecule has 1 N–H and O–H groups in total. The maximum atomic E-state index is 11.1. The maximum absolute atomic E-state index is 11.1. The van der Waals surface area contributed by atoms with Gasteiger partial charge >= 0.3 is 5.97 Å². The smallest absolute Gasteiger partial charge is 0.344 e. The van der Waals surface area contributed by atoms with Crippen LogP contribution >= 0.6 is 23.1 Å². The fourth-order valence-corrected chi connectivity index (χ4v) is 5.98. The van der Waals surface area contributed by atoms with Gasteiger partial charge in [-0.3, -0.25) is 0 Å². The molecule has 2 heterocycles. The van der Waals surface area contributed by atoms with Crippen molar-refractivity contribution in [1.29, 1.82) is 0 Å². The normalized spacial score (nSPS) is 11.8. The molecule has 0 aliphatic heterocycles. The number of ether oxygens (including phenoxy) is 2. The molecule has 0 saturated heterocycles. The van der Waals surface area contributed by atoms with Gasteiger partial charge < -0.3 is 19.1 Å². The minimum absolute atomic E-state index is 0.332. The number of hydrogen-bond donors (Lipinski definition) is 1. The molecule has 0 bridgehead atoms. The summed E-state index contributed by atoms with van der Waals surface area (Å²) in [4.78, 5) is 22.5. The van der Waals surface area contributed by atoms with Gasteiger partial charge in [-0.1, -0.05) is 35.5 Å². The Morgan fingerprint density at radius 2 is 1.80 bits per heavy atom. The van der Waals surface area contributed by atoms with E-state index < -0.39 is 12.1 Å². The molecular weight excluding hydrogens is 546 g/mol. The van der Waals surface area contributed by atoms with Crippen molar-refractivity contribution in [2.45, 2.75) is 44.1 Å². The second-order valence-corrected chi connectivity index (χ2v) is 11.2. The van der Waals surface area contributed by atoms with E-state index in [4.69, 9.17) is 24.1 Å². The lowest BCUT2D eigenvalue weighted by Gasteiger charge is -2.13. The van der Waals surface area contributed by atoms with Gasteiger partial charge in [0.1, 0.15) is 23.1 Å². The first kappa shape index (κ1) is 27.4. The van der Waals surface area contributed by atoms with Crippen LogP contribution in [0, 0.1) is 13.8 Å². The molecule has 40 heavy (non-hydrogen) atoms. The van der Waals surface area contributed by atoms with E-state index >= 15 is 0 Å². The van der Waals surface area contributed by atoms with Gasteiger partial charge in [0, 0.05) is 33.6 Å². The highest BCUT2D eigenvalue weighted by molar-refractivity contribution is 7.98. The number of carboxylic acid groups (broad SMARTS) is 1. The van der Waals surface area contributed by atoms with Crippen LogP contribution in [0.1, 0.15) is 28.9 Å². The van der Waals surface area contributed by atoms with Crippen LogP contribution < -0.4 is 9.47 Å². The maximum Gasteiger partial charge on any atom is 0.344 e. The molecule has 8 nitrogen and oxygen atoms in total. The number of thiazole rings is 1. The van der Waals surface area contributed by atoms with E-state index in [1.165, 1.54) is 6.92 Å². The highest BCUT2D eigenvalue weighted by Crippen LogP contribution is 2.35. The Bertz CT molecular complexity index is 1600. The van der Waals surface area contributed by atoms with Gasteiger partial charge in [-0.05, 0) is 61.9 Å². The van der Waals surface area contributed by atoms with Crippen molar-refractivity contribution in [2.75, 3.05) is 0 Å². The Balaban J connectivity index is 1.30. The average molecular weight is 574 g/mol. The van der Waals surface area contributed by atoms with E-state index in [9.17, 15) is 4.79 Å². The van der Waals surface area contributed by atoms with E-state index in [2.05, 4.69) is 22.3 Å². The molecule has 1 atom stereocenters. The Kier molecular flexibility index (Phi) is 8.47. The van der Waals surface area contributed by atoms with Crippen LogP contribution in [0.5, 0.6) is 11.5 Å². The van der Waals surface area contributed by atoms with Crippen LogP contribution in [0.2, 0.25) is 0 Å². The Labute approximate surface area is 240 Å². The lowest BCUT2D eigenvalue weighted by Crippen LogP contribution is -2.23. The first-order valence-electron chi connectivity index (χ1n) is 12.6. The molecule has 204 valence electrons. The van der Waals surface area contributed by atoms with Crippen LogP contribution in [0.3, 0.4) is 0 Å². The number of nitrogens with zero attached hydrogens (tertiary/aromatic N) is 3. The summed E-state index contributed by atoms with van der Waals surface area (Å²) in [6.45, 7) is 5.53. The number of thioether (sulfide) groups is 1. The standard InChI is InChI=1S/C30H27N3O5S2/c1-18-15-24(13-14-26(18)37-19(2)30(34)35)39-17-27-25(32-29(40-27)22-7-5-4-6-8-22)16-36-23-11-9-21(10-12-23)28-31-20(3)38-33-28/h4-15,19H,16-17H2,1-3H3,(H,34,35). The topological polar surface area (TPSA) is 108 Å². The predicted molar refractivity (Wildman–Crippen MR) is 155 cm³/mol. The lowest BCUT2D eigenvalue weighted by molar-refractivity contribution is -0.144. The molecule has 0 radical (unpaired) electrons. The second-order valence-electron chi connectivity index (χ2n) is 9.02. The van der Waals surface area contributed by atoms with Gasteiger partial charge in [-0.25, -0.2) is 9.78 Å². The van der Waals surface area contributed by atoms with Crippen molar-refractivity contribution < 1.29 is 23.9 Å². The summed E-state index contributed by atoms with van der Waals surface area (Å²) in [5.74, 6) is 2.07. The van der Waals surface area contributed by atoms with Crippen molar-refractivity contribution in [3.8, 4) is 33.5 Å². The molecular formula is C30H27N3O5S2. The summed E-state index contributed by atoms with van der Waals surface area (Å²) < 4.78 is 16.8. The zero-order valence-electron chi connectivity index (χ0n) is 22.2. The quantitative estimate of drug-likeness (QED) is 0.164. The molecule has 0 spiro atoms. The number of carbonyl (C=O) groups is 1. The summed E-state index contributed by atoms with van der Waals surface area (Å²) in [5.41, 5.74) is 3.69. The minimum Gasteiger partial charge on any atom is -0.487 e. The van der Waals surface area contributed by atoms with E-state index in [1.807, 2.05) is 67.6 Å². The van der Waals surface area contributed by atoms with Gasteiger partial charge in [0.25, 0.3) is 0 Å². The Morgan fingerprint density at radius 3 is 2.48 bits per heavy atom. The Hall–Kier alpha value is -4.15. The minimum atomic E-state index is -0.995. The fourth-order valence-electron chi connectivity index (χ4n) is 3.82. The zero-order valence-corrected chi connectivity index (χ0v) is 23.8. The van der Waals surface area contributed by atoms with Gasteiger partial charge in [0.05, 0.1) is 5.69 Å². The summed E-state index contributed by atoms with van der Waals surface area (Å²) in [5, 5.41) is 14.0. The summed E-state index contributed by atoms with van der Waals surface area (Å²) >= 11 is 3.35. The van der Waals surface area contributed by atoms with Crippen molar-refractivity contribution >= 4 is 29.1 Å². The number of rotatable bonds is 11. The third-order valence-electron chi connectivity index (χ3n) is 5.98. The molecule has 10 heteroatoms. The fraction of sp³-hybridized carbons (Fsp3) is 0.200. The third kappa shape index (κ3) is 6.70. The highest BCUT2D eigenvalue weighted by atomic mass is 32.2. The monoisotopic (exact) mass is 573 g/mol. The van der Waals surface area contributed by atoms with E-state index in [0.29, 0.717) is 29.8 Å². The van der Waals surface area contributed by atoms with Crippen molar-refractivity contribution in [1.82, 2.24) is 15.1 Å². The van der Waals surface area contributed by atoms with Crippen LogP contribution in [-0.2, 0) is 17.2 Å². The van der Waals surface area contributed by atoms with E-state index in [1.54, 1.807) is 30.0 Å². The number of aliphatic carboxylic acids is 1. The number of benzene rings is 3. The first-order chi connectivity index (χ1) is 19.4. The van der Waals surface area contributed by atoms with Crippen molar-refractivity contribution in [2.24, 2.45) is 0 Å².